The number of rotatable bonds is 2. The molecule has 1 amide bonds. The molecular formula is C12H16N2O3S. The van der Waals surface area contributed by atoms with Gasteiger partial charge in [-0.1, -0.05) is 0 Å². The number of hydrogen-bond donors (Lipinski definition) is 0. The number of carbonyl (C=O) groups excluding carboxylic acids is 1. The van der Waals surface area contributed by atoms with Crippen LogP contribution in [0.5, 0.6) is 0 Å². The molecule has 18 heavy (non-hydrogen) atoms. The quantitative estimate of drug-likeness (QED) is 0.794. The largest absolute Gasteiger partial charge is 0.345 e. The lowest BCUT2D eigenvalue weighted by molar-refractivity contribution is 0.0827. The Hall–Kier alpha value is -1.56. The molecule has 1 heterocycles. The highest BCUT2D eigenvalue weighted by Gasteiger charge is 2.26. The molecule has 0 radical (unpaired) electrons. The molecule has 0 fully saturated rings. The third-order valence-corrected chi connectivity index (χ3v) is 4.17. The van der Waals surface area contributed by atoms with Crippen LogP contribution in [0.3, 0.4) is 0 Å². The van der Waals surface area contributed by atoms with E-state index in [1.165, 1.54) is 15.5 Å². The summed E-state index contributed by atoms with van der Waals surface area (Å²) in [5.41, 5.74) is 2.19. The summed E-state index contributed by atoms with van der Waals surface area (Å²) in [5, 5.41) is 0. The van der Waals surface area contributed by atoms with Crippen LogP contribution >= 0.6 is 0 Å². The standard InChI is InChI=1S/C12H16N2O3S/c1-13(2)12(15)10-4-5-11-9(8-10)6-7-14(11)18(3,16)17/h4-5,8H,6-7H2,1-3H3. The van der Waals surface area contributed by atoms with E-state index in [4.69, 9.17) is 0 Å². The monoisotopic (exact) mass is 268 g/mol. The molecule has 5 nitrogen and oxygen atoms in total. The summed E-state index contributed by atoms with van der Waals surface area (Å²) in [6.07, 6.45) is 1.85. The van der Waals surface area contributed by atoms with E-state index >= 15 is 0 Å². The predicted octanol–water partition coefficient (Wildman–Crippen LogP) is 0.711. The average Bonchev–Trinajstić information content (AvgIpc) is 2.69. The Morgan fingerprint density at radius 3 is 2.56 bits per heavy atom. The summed E-state index contributed by atoms with van der Waals surface area (Å²) in [6.45, 7) is 0.452. The molecule has 0 N–H and O–H groups in total. The first-order chi connectivity index (χ1) is 8.30. The summed E-state index contributed by atoms with van der Waals surface area (Å²) >= 11 is 0. The molecule has 1 aromatic rings. The van der Waals surface area contributed by atoms with Crippen LogP contribution in [0, 0.1) is 0 Å². The Balaban J connectivity index is 2.40. The summed E-state index contributed by atoms with van der Waals surface area (Å²) in [7, 11) is 0.158. The van der Waals surface area contributed by atoms with Crippen LogP contribution in [0.15, 0.2) is 18.2 Å². The van der Waals surface area contributed by atoms with E-state index in [-0.39, 0.29) is 5.91 Å². The number of amides is 1. The van der Waals surface area contributed by atoms with Crippen molar-refractivity contribution in [3.8, 4) is 0 Å². The lowest BCUT2D eigenvalue weighted by Gasteiger charge is -2.17. The van der Waals surface area contributed by atoms with Crippen molar-refractivity contribution in [2.45, 2.75) is 6.42 Å². The molecule has 0 saturated carbocycles. The van der Waals surface area contributed by atoms with Gasteiger partial charge in [-0.05, 0) is 30.2 Å². The lowest BCUT2D eigenvalue weighted by Crippen LogP contribution is -2.27. The number of benzene rings is 1. The van der Waals surface area contributed by atoms with Crippen LogP contribution in [-0.2, 0) is 16.4 Å². The van der Waals surface area contributed by atoms with E-state index in [1.807, 2.05) is 0 Å². The topological polar surface area (TPSA) is 57.7 Å². The summed E-state index contributed by atoms with van der Waals surface area (Å²) in [4.78, 5) is 13.3. The molecule has 0 atom stereocenters. The summed E-state index contributed by atoms with van der Waals surface area (Å²) < 4.78 is 24.5. The van der Waals surface area contributed by atoms with Crippen molar-refractivity contribution in [1.82, 2.24) is 4.90 Å². The van der Waals surface area contributed by atoms with Gasteiger partial charge in [0.05, 0.1) is 11.9 Å². The van der Waals surface area contributed by atoms with E-state index in [0.29, 0.717) is 24.2 Å². The van der Waals surface area contributed by atoms with Crippen LogP contribution in [0.4, 0.5) is 5.69 Å². The molecule has 1 aliphatic rings. The maximum absolute atomic E-state index is 11.8. The first-order valence-electron chi connectivity index (χ1n) is 5.63. The van der Waals surface area contributed by atoms with Gasteiger partial charge >= 0.3 is 0 Å². The second-order valence-electron chi connectivity index (χ2n) is 4.63. The number of fused-ring (bicyclic) bond motifs is 1. The average molecular weight is 268 g/mol. The van der Waals surface area contributed by atoms with Gasteiger partial charge in [0.1, 0.15) is 0 Å². The number of sulfonamides is 1. The minimum atomic E-state index is -3.23. The Bertz CT molecular complexity index is 593. The highest BCUT2D eigenvalue weighted by atomic mass is 32.2. The van der Waals surface area contributed by atoms with Crippen molar-refractivity contribution in [3.63, 3.8) is 0 Å². The molecule has 0 unspecified atom stereocenters. The zero-order valence-electron chi connectivity index (χ0n) is 10.7. The van der Waals surface area contributed by atoms with Crippen molar-refractivity contribution >= 4 is 21.6 Å². The summed E-state index contributed by atoms with van der Waals surface area (Å²) in [5.74, 6) is -0.0735. The van der Waals surface area contributed by atoms with Gasteiger partial charge in [-0.2, -0.15) is 0 Å². The van der Waals surface area contributed by atoms with Crippen molar-refractivity contribution in [3.05, 3.63) is 29.3 Å². The van der Waals surface area contributed by atoms with Gasteiger partial charge in [-0.25, -0.2) is 8.42 Å². The first-order valence-corrected chi connectivity index (χ1v) is 7.48. The number of anilines is 1. The van der Waals surface area contributed by atoms with Gasteiger partial charge in [0, 0.05) is 26.2 Å². The maximum Gasteiger partial charge on any atom is 0.253 e. The molecule has 0 aliphatic carbocycles. The van der Waals surface area contributed by atoms with E-state index in [0.717, 1.165) is 5.56 Å². The highest BCUT2D eigenvalue weighted by molar-refractivity contribution is 7.92. The Morgan fingerprint density at radius 2 is 2.00 bits per heavy atom. The number of carbonyl (C=O) groups is 1. The molecule has 2 rings (SSSR count). The lowest BCUT2D eigenvalue weighted by atomic mass is 10.1. The molecular weight excluding hydrogens is 252 g/mol. The molecule has 0 saturated heterocycles. The number of nitrogens with zero attached hydrogens (tertiary/aromatic N) is 2. The Labute approximate surface area is 107 Å². The van der Waals surface area contributed by atoms with Gasteiger partial charge in [-0.15, -0.1) is 0 Å². The van der Waals surface area contributed by atoms with Crippen molar-refractivity contribution < 1.29 is 13.2 Å². The fraction of sp³-hybridized carbons (Fsp3) is 0.417. The second kappa shape index (κ2) is 4.28. The van der Waals surface area contributed by atoms with Crippen LogP contribution < -0.4 is 4.31 Å². The van der Waals surface area contributed by atoms with Gasteiger partial charge in [0.25, 0.3) is 5.91 Å². The normalized spacial score (nSPS) is 14.5. The molecule has 0 spiro atoms. The van der Waals surface area contributed by atoms with Gasteiger partial charge in [0.2, 0.25) is 10.0 Å². The zero-order valence-corrected chi connectivity index (χ0v) is 11.5. The van der Waals surface area contributed by atoms with Gasteiger partial charge in [0.15, 0.2) is 0 Å². The van der Waals surface area contributed by atoms with Crippen molar-refractivity contribution in [2.24, 2.45) is 0 Å². The zero-order chi connectivity index (χ0) is 13.5. The summed E-state index contributed by atoms with van der Waals surface area (Å²) in [6, 6.07) is 5.16. The molecule has 1 aliphatic heterocycles. The molecule has 6 heteroatoms. The molecule has 0 bridgehead atoms. The van der Waals surface area contributed by atoms with Crippen LogP contribution in [0.25, 0.3) is 0 Å². The molecule has 1 aromatic carbocycles. The minimum absolute atomic E-state index is 0.0735. The Kier molecular flexibility index (Phi) is 3.06. The SMILES string of the molecule is CN(C)C(=O)c1ccc2c(c1)CCN2S(C)(=O)=O. The third kappa shape index (κ3) is 2.20. The van der Waals surface area contributed by atoms with Crippen molar-refractivity contribution in [1.29, 1.82) is 0 Å². The fourth-order valence-electron chi connectivity index (χ4n) is 2.11. The maximum atomic E-state index is 11.8. The molecule has 0 aromatic heterocycles. The van der Waals surface area contributed by atoms with Crippen LogP contribution in [0.2, 0.25) is 0 Å². The van der Waals surface area contributed by atoms with Gasteiger partial charge in [-0.3, -0.25) is 9.10 Å². The van der Waals surface area contributed by atoms with Crippen LogP contribution in [-0.4, -0.2) is 46.1 Å². The van der Waals surface area contributed by atoms with E-state index in [2.05, 4.69) is 0 Å². The van der Waals surface area contributed by atoms with Crippen LogP contribution in [0.1, 0.15) is 15.9 Å². The smallest absolute Gasteiger partial charge is 0.253 e. The second-order valence-corrected chi connectivity index (χ2v) is 6.54. The first kappa shape index (κ1) is 12.9. The third-order valence-electron chi connectivity index (χ3n) is 2.99. The molecule has 98 valence electrons. The van der Waals surface area contributed by atoms with E-state index < -0.39 is 10.0 Å². The van der Waals surface area contributed by atoms with Gasteiger partial charge < -0.3 is 4.90 Å². The minimum Gasteiger partial charge on any atom is -0.345 e. The fourth-order valence-corrected chi connectivity index (χ4v) is 3.07. The van der Waals surface area contributed by atoms with E-state index in [9.17, 15) is 13.2 Å². The van der Waals surface area contributed by atoms with E-state index in [1.54, 1.807) is 32.3 Å². The Morgan fingerprint density at radius 1 is 1.33 bits per heavy atom. The highest BCUT2D eigenvalue weighted by Crippen LogP contribution is 2.30. The number of hydrogen-bond acceptors (Lipinski definition) is 3. The predicted molar refractivity (Wildman–Crippen MR) is 70.4 cm³/mol. The van der Waals surface area contributed by atoms with Crippen molar-refractivity contribution in [2.75, 3.05) is 31.2 Å².